The molecule has 2 aliphatic rings. The van der Waals surface area contributed by atoms with E-state index < -0.39 is 0 Å². The van der Waals surface area contributed by atoms with Gasteiger partial charge < -0.3 is 9.47 Å². The molecule has 1 radical (unpaired) electrons. The zero-order valence-corrected chi connectivity index (χ0v) is 7.52. The summed E-state index contributed by atoms with van der Waals surface area (Å²) in [5.74, 6) is 0. The zero-order valence-electron chi connectivity index (χ0n) is 7.52. The number of hydrogen-bond acceptors (Lipinski definition) is 2. The van der Waals surface area contributed by atoms with E-state index in [1.54, 1.807) is 0 Å². The van der Waals surface area contributed by atoms with E-state index in [1.807, 2.05) is 0 Å². The van der Waals surface area contributed by atoms with E-state index in [1.165, 1.54) is 22.1 Å². The first-order valence-corrected chi connectivity index (χ1v) is 4.19. The van der Waals surface area contributed by atoms with Crippen LogP contribution in [0.5, 0.6) is 0 Å². The Hall–Kier alpha value is -0.535. The summed E-state index contributed by atoms with van der Waals surface area (Å²) < 4.78 is 10.6. The van der Waals surface area contributed by atoms with Crippen LogP contribution in [-0.4, -0.2) is 27.3 Å². The molecule has 2 heterocycles. The van der Waals surface area contributed by atoms with Gasteiger partial charge in [-0.2, -0.15) is 0 Å². The Morgan fingerprint density at radius 3 is 2.00 bits per heavy atom. The van der Waals surface area contributed by atoms with E-state index >= 15 is 0 Å². The first kappa shape index (κ1) is 8.08. The van der Waals surface area contributed by atoms with Crippen molar-refractivity contribution in [3.05, 3.63) is 22.1 Å². The monoisotopic (exact) mass is 163 g/mol. The smallest absolute Gasteiger partial charge is 0.180 e. The quantitative estimate of drug-likeness (QED) is 0.500. The van der Waals surface area contributed by atoms with Crippen molar-refractivity contribution >= 4 is 7.28 Å². The lowest BCUT2D eigenvalue weighted by molar-refractivity contribution is -0.0259. The van der Waals surface area contributed by atoms with Crippen molar-refractivity contribution < 1.29 is 9.47 Å². The van der Waals surface area contributed by atoms with E-state index in [9.17, 15) is 0 Å². The van der Waals surface area contributed by atoms with Crippen molar-refractivity contribution in [2.75, 3.05) is 20.0 Å². The van der Waals surface area contributed by atoms with Gasteiger partial charge in [0.1, 0.15) is 6.79 Å². The highest BCUT2D eigenvalue weighted by Gasteiger charge is 2.21. The molecule has 1 fully saturated rings. The topological polar surface area (TPSA) is 18.5 Å². The summed E-state index contributed by atoms with van der Waals surface area (Å²) in [5.41, 5.74) is 5.30. The lowest BCUT2D eigenvalue weighted by Gasteiger charge is -2.03. The van der Waals surface area contributed by atoms with Crippen LogP contribution in [0.2, 0.25) is 0 Å². The molecule has 0 atom stereocenters. The van der Waals surface area contributed by atoms with Gasteiger partial charge in [-0.15, -0.1) is 10.9 Å². The molecule has 63 valence electrons. The highest BCUT2D eigenvalue weighted by molar-refractivity contribution is 6.55. The third-order valence-corrected chi connectivity index (χ3v) is 2.41. The molecule has 3 heteroatoms. The molecule has 0 bridgehead atoms. The predicted octanol–water partition coefficient (Wildman–Crippen LogP) is 1.26. The Labute approximate surface area is 73.5 Å². The van der Waals surface area contributed by atoms with Crippen molar-refractivity contribution in [3.8, 4) is 0 Å². The fraction of sp³-hybridized carbons (Fsp3) is 0.556. The van der Waals surface area contributed by atoms with Crippen LogP contribution in [0.1, 0.15) is 13.8 Å². The summed E-state index contributed by atoms with van der Waals surface area (Å²) in [6, 6.07) is 0. The Balaban J connectivity index is 2.32. The minimum absolute atomic E-state index is 0.424. The summed E-state index contributed by atoms with van der Waals surface area (Å²) in [7, 11) is 2.20. The van der Waals surface area contributed by atoms with Gasteiger partial charge in [0.25, 0.3) is 0 Å². The van der Waals surface area contributed by atoms with Crippen LogP contribution >= 0.6 is 0 Å². The second-order valence-corrected chi connectivity index (χ2v) is 3.28. The van der Waals surface area contributed by atoms with Crippen LogP contribution in [0.15, 0.2) is 22.1 Å². The Morgan fingerprint density at radius 1 is 1.00 bits per heavy atom. The molecule has 1 saturated heterocycles. The van der Waals surface area contributed by atoms with Crippen LogP contribution in [0.4, 0.5) is 0 Å². The number of allylic oxidation sites excluding steroid dienone is 2. The van der Waals surface area contributed by atoms with Gasteiger partial charge in [0.15, 0.2) is 7.28 Å². The molecule has 0 unspecified atom stereocenters. The summed E-state index contributed by atoms with van der Waals surface area (Å²) in [5, 5.41) is 0. The van der Waals surface area contributed by atoms with Gasteiger partial charge in [0.05, 0.1) is 13.2 Å². The lowest BCUT2D eigenvalue weighted by atomic mass is 9.67. The molecular formula is C9H12BO2. The minimum Gasteiger partial charge on any atom is -0.351 e. The van der Waals surface area contributed by atoms with Gasteiger partial charge >= 0.3 is 0 Å². The average molecular weight is 163 g/mol. The number of fused-ring (bicyclic) bond motifs is 1. The normalized spacial score (nSPS) is 23.8. The Bertz CT molecular complexity index is 240. The molecule has 0 N–H and O–H groups in total. The lowest BCUT2D eigenvalue weighted by Crippen LogP contribution is -1.98. The van der Waals surface area contributed by atoms with Gasteiger partial charge in [0, 0.05) is 0 Å². The molecule has 12 heavy (non-hydrogen) atoms. The molecule has 0 aromatic heterocycles. The summed E-state index contributed by atoms with van der Waals surface area (Å²) in [6.07, 6.45) is 0. The Kier molecular flexibility index (Phi) is 2.07. The van der Waals surface area contributed by atoms with Gasteiger partial charge in [-0.1, -0.05) is 13.8 Å². The van der Waals surface area contributed by atoms with Crippen molar-refractivity contribution in [2.45, 2.75) is 13.8 Å². The molecule has 2 rings (SSSR count). The van der Waals surface area contributed by atoms with Gasteiger partial charge in [-0.3, -0.25) is 0 Å². The molecule has 0 aliphatic carbocycles. The largest absolute Gasteiger partial charge is 0.351 e. The maximum Gasteiger partial charge on any atom is 0.180 e. The summed E-state index contributed by atoms with van der Waals surface area (Å²) in [4.78, 5) is 0. The molecule has 0 amide bonds. The van der Waals surface area contributed by atoms with Gasteiger partial charge in [-0.05, 0) is 11.1 Å². The highest BCUT2D eigenvalue weighted by atomic mass is 16.7. The minimum atomic E-state index is 0.424. The van der Waals surface area contributed by atoms with E-state index in [0.717, 1.165) is 0 Å². The van der Waals surface area contributed by atoms with Crippen molar-refractivity contribution in [1.82, 2.24) is 0 Å². The molecule has 0 aromatic rings. The van der Waals surface area contributed by atoms with Crippen LogP contribution in [-0.2, 0) is 9.47 Å². The van der Waals surface area contributed by atoms with Crippen LogP contribution in [0.3, 0.4) is 0 Å². The highest BCUT2D eigenvalue weighted by Crippen LogP contribution is 2.28. The standard InChI is InChI=1S/C9H12BO2/c1-6-8-3-11-5-12-4-9(8)7(2)10-6/h3-5H2,1-2H3. The van der Waals surface area contributed by atoms with Crippen LogP contribution < -0.4 is 0 Å². The zero-order chi connectivity index (χ0) is 8.55. The van der Waals surface area contributed by atoms with Crippen molar-refractivity contribution in [3.63, 3.8) is 0 Å². The number of ether oxygens (including phenoxy) is 2. The van der Waals surface area contributed by atoms with E-state index in [-0.39, 0.29) is 0 Å². The SMILES string of the molecule is CC1=C2COCOCC2=C(C)[B]1. The van der Waals surface area contributed by atoms with Gasteiger partial charge in [-0.25, -0.2) is 0 Å². The molecule has 2 aliphatic heterocycles. The first-order chi connectivity index (χ1) is 5.79. The number of rotatable bonds is 0. The molecular weight excluding hydrogens is 151 g/mol. The predicted molar refractivity (Wildman–Crippen MR) is 47.9 cm³/mol. The van der Waals surface area contributed by atoms with Crippen LogP contribution in [0.25, 0.3) is 0 Å². The Morgan fingerprint density at radius 2 is 1.50 bits per heavy atom. The fourth-order valence-electron chi connectivity index (χ4n) is 1.72. The maximum absolute atomic E-state index is 5.29. The molecule has 0 spiro atoms. The third kappa shape index (κ3) is 1.23. The van der Waals surface area contributed by atoms with Crippen molar-refractivity contribution in [2.24, 2.45) is 0 Å². The second-order valence-electron chi connectivity index (χ2n) is 3.28. The third-order valence-electron chi connectivity index (χ3n) is 2.41. The molecule has 0 saturated carbocycles. The molecule has 0 aromatic carbocycles. The van der Waals surface area contributed by atoms with E-state index in [4.69, 9.17) is 9.47 Å². The number of hydrogen-bond donors (Lipinski definition) is 0. The first-order valence-electron chi connectivity index (χ1n) is 4.19. The summed E-state index contributed by atoms with van der Waals surface area (Å²) in [6.45, 7) is 6.08. The van der Waals surface area contributed by atoms with E-state index in [2.05, 4.69) is 21.1 Å². The second kappa shape index (κ2) is 3.07. The van der Waals surface area contributed by atoms with E-state index in [0.29, 0.717) is 20.0 Å². The summed E-state index contributed by atoms with van der Waals surface area (Å²) >= 11 is 0. The fourth-order valence-corrected chi connectivity index (χ4v) is 1.72. The van der Waals surface area contributed by atoms with Crippen molar-refractivity contribution in [1.29, 1.82) is 0 Å². The molecule has 2 nitrogen and oxygen atoms in total. The van der Waals surface area contributed by atoms with Crippen LogP contribution in [0, 0.1) is 0 Å². The van der Waals surface area contributed by atoms with Gasteiger partial charge in [0.2, 0.25) is 0 Å². The maximum atomic E-state index is 5.29. The average Bonchev–Trinajstić information content (AvgIpc) is 2.29.